The topological polar surface area (TPSA) is 81.6 Å². The number of hydrogen-bond acceptors (Lipinski definition) is 8. The van der Waals surface area contributed by atoms with Crippen molar-refractivity contribution in [3.05, 3.63) is 88.3 Å². The second-order valence-corrected chi connectivity index (χ2v) is 10.2. The van der Waals surface area contributed by atoms with Gasteiger partial charge in [0, 0.05) is 39.3 Å². The maximum Gasteiger partial charge on any atom is 0.142 e. The molecule has 0 aliphatic carbocycles. The fraction of sp³-hybridized carbons (Fsp3) is 0.419. The molecule has 1 saturated heterocycles. The molecule has 8 heteroatoms. The Morgan fingerprint density at radius 2 is 1.79 bits per heavy atom. The van der Waals surface area contributed by atoms with Crippen LogP contribution in [0.2, 0.25) is 0 Å². The smallest absolute Gasteiger partial charge is 0.142 e. The number of rotatable bonds is 11. The predicted octanol–water partition coefficient (Wildman–Crippen LogP) is 5.43. The summed E-state index contributed by atoms with van der Waals surface area (Å²) < 4.78 is 23.6. The molecule has 0 radical (unpaired) electrons. The van der Waals surface area contributed by atoms with Gasteiger partial charge in [-0.15, -0.1) is 0 Å². The molecule has 0 saturated carbocycles. The number of ether oxygens (including phenoxy) is 4. The molecule has 5 rings (SSSR count). The van der Waals surface area contributed by atoms with Crippen LogP contribution in [0, 0.1) is 11.8 Å². The van der Waals surface area contributed by atoms with Gasteiger partial charge in [-0.2, -0.15) is 4.91 Å². The van der Waals surface area contributed by atoms with Gasteiger partial charge < -0.3 is 29.2 Å². The fourth-order valence-electron chi connectivity index (χ4n) is 5.32. The van der Waals surface area contributed by atoms with Crippen LogP contribution in [0.1, 0.15) is 29.0 Å². The Morgan fingerprint density at radius 1 is 1.03 bits per heavy atom. The standard InChI is InChI=1S/C31H37N3O5/c1-22-4-9-25(10-5-22)39-26-11-7-24(8-12-26)31-27(33-35)19-32-20-30(31)38-21-23-6-13-29-28(18-23)34(15-17-37-29)14-3-16-36-2/h4-13,18,27,30-32H,3,14-17,19-21H2,1-2H3/t27-,30+,31+/m1/s1. The van der Waals surface area contributed by atoms with Crippen molar-refractivity contribution in [3.8, 4) is 17.2 Å². The minimum Gasteiger partial charge on any atom is -0.490 e. The van der Waals surface area contributed by atoms with Gasteiger partial charge in [0.15, 0.2) is 0 Å². The molecule has 39 heavy (non-hydrogen) atoms. The van der Waals surface area contributed by atoms with Crippen molar-refractivity contribution < 1.29 is 18.9 Å². The van der Waals surface area contributed by atoms with Crippen LogP contribution in [0.25, 0.3) is 0 Å². The molecule has 0 spiro atoms. The van der Waals surface area contributed by atoms with Crippen LogP contribution in [-0.4, -0.2) is 58.6 Å². The molecule has 0 aromatic heterocycles. The zero-order valence-corrected chi connectivity index (χ0v) is 22.7. The molecule has 1 fully saturated rings. The summed E-state index contributed by atoms with van der Waals surface area (Å²) in [6, 6.07) is 21.7. The van der Waals surface area contributed by atoms with Crippen molar-refractivity contribution in [2.24, 2.45) is 5.18 Å². The van der Waals surface area contributed by atoms with E-state index in [1.54, 1.807) is 7.11 Å². The molecular weight excluding hydrogens is 494 g/mol. The van der Waals surface area contributed by atoms with Crippen LogP contribution < -0.4 is 19.7 Å². The van der Waals surface area contributed by atoms with E-state index in [2.05, 4.69) is 27.5 Å². The Balaban J connectivity index is 1.27. The number of fused-ring (bicyclic) bond motifs is 1. The van der Waals surface area contributed by atoms with Crippen LogP contribution in [0.15, 0.2) is 71.9 Å². The predicted molar refractivity (Wildman–Crippen MR) is 152 cm³/mol. The van der Waals surface area contributed by atoms with Gasteiger partial charge in [0.2, 0.25) is 0 Å². The van der Waals surface area contributed by atoms with Gasteiger partial charge in [-0.3, -0.25) is 0 Å². The third-order valence-electron chi connectivity index (χ3n) is 7.39. The van der Waals surface area contributed by atoms with Crippen LogP contribution in [0.4, 0.5) is 5.69 Å². The monoisotopic (exact) mass is 531 g/mol. The summed E-state index contributed by atoms with van der Waals surface area (Å²) in [6.07, 6.45) is 0.761. The Kier molecular flexibility index (Phi) is 9.08. The molecule has 2 heterocycles. The average molecular weight is 532 g/mol. The van der Waals surface area contributed by atoms with E-state index in [4.69, 9.17) is 18.9 Å². The third kappa shape index (κ3) is 6.76. The van der Waals surface area contributed by atoms with Gasteiger partial charge >= 0.3 is 0 Å². The highest BCUT2D eigenvalue weighted by Crippen LogP contribution is 2.35. The van der Waals surface area contributed by atoms with Crippen molar-refractivity contribution >= 4 is 5.69 Å². The Labute approximate surface area is 230 Å². The van der Waals surface area contributed by atoms with E-state index >= 15 is 0 Å². The van der Waals surface area contributed by atoms with E-state index in [-0.39, 0.29) is 12.0 Å². The summed E-state index contributed by atoms with van der Waals surface area (Å²) in [7, 11) is 1.73. The van der Waals surface area contributed by atoms with Crippen molar-refractivity contribution in [1.82, 2.24) is 5.32 Å². The average Bonchev–Trinajstić information content (AvgIpc) is 2.97. The van der Waals surface area contributed by atoms with Crippen molar-refractivity contribution in [3.63, 3.8) is 0 Å². The van der Waals surface area contributed by atoms with Gasteiger partial charge in [0.05, 0.1) is 24.9 Å². The Bertz CT molecular complexity index is 1220. The number of nitrogens with one attached hydrogen (secondary N) is 1. The minimum absolute atomic E-state index is 0.149. The highest BCUT2D eigenvalue weighted by molar-refractivity contribution is 5.61. The maximum atomic E-state index is 11.8. The summed E-state index contributed by atoms with van der Waals surface area (Å²) in [5.74, 6) is 2.29. The van der Waals surface area contributed by atoms with Crippen molar-refractivity contribution in [2.45, 2.75) is 38.0 Å². The molecule has 0 unspecified atom stereocenters. The molecule has 0 amide bonds. The van der Waals surface area contributed by atoms with E-state index in [0.29, 0.717) is 26.3 Å². The summed E-state index contributed by atoms with van der Waals surface area (Å²) in [6.45, 7) is 6.84. The summed E-state index contributed by atoms with van der Waals surface area (Å²) in [4.78, 5) is 14.2. The van der Waals surface area contributed by atoms with Crippen LogP contribution in [0.3, 0.4) is 0 Å². The van der Waals surface area contributed by atoms with Crippen LogP contribution >= 0.6 is 0 Å². The molecule has 3 aromatic carbocycles. The normalized spacial score (nSPS) is 20.7. The van der Waals surface area contributed by atoms with Gasteiger partial charge in [0.1, 0.15) is 29.9 Å². The number of nitrogens with zero attached hydrogens (tertiary/aromatic N) is 2. The van der Waals surface area contributed by atoms with Crippen LogP contribution in [0.5, 0.6) is 17.2 Å². The first-order valence-corrected chi connectivity index (χ1v) is 13.6. The number of aryl methyl sites for hydroxylation is 1. The first-order chi connectivity index (χ1) is 19.1. The number of benzene rings is 3. The summed E-state index contributed by atoms with van der Waals surface area (Å²) in [5.41, 5.74) is 4.36. The molecule has 3 aromatic rings. The molecule has 8 nitrogen and oxygen atoms in total. The Hall–Kier alpha value is -3.46. The number of piperidine rings is 1. The van der Waals surface area contributed by atoms with Gasteiger partial charge in [-0.1, -0.05) is 41.1 Å². The zero-order chi connectivity index (χ0) is 27.0. The van der Waals surface area contributed by atoms with Crippen LogP contribution in [-0.2, 0) is 16.1 Å². The molecular formula is C31H37N3O5. The number of hydrogen-bond donors (Lipinski definition) is 1. The molecule has 2 aliphatic heterocycles. The third-order valence-corrected chi connectivity index (χ3v) is 7.39. The number of nitroso groups, excluding NO2 is 1. The zero-order valence-electron chi connectivity index (χ0n) is 22.7. The van der Waals surface area contributed by atoms with Gasteiger partial charge in [-0.25, -0.2) is 0 Å². The first kappa shape index (κ1) is 27.1. The lowest BCUT2D eigenvalue weighted by molar-refractivity contribution is 0.00539. The molecule has 2 aliphatic rings. The number of methoxy groups -OCH3 is 1. The summed E-state index contributed by atoms with van der Waals surface area (Å²) >= 11 is 0. The summed E-state index contributed by atoms with van der Waals surface area (Å²) in [5, 5.41) is 6.78. The lowest BCUT2D eigenvalue weighted by atomic mass is 9.84. The SMILES string of the molecule is COCCCN1CCOc2ccc(CO[C@H]3CNC[C@@H](N=O)[C@@H]3c3ccc(Oc4ccc(C)cc4)cc3)cc21. The van der Waals surface area contributed by atoms with E-state index in [1.807, 2.05) is 61.5 Å². The van der Waals surface area contributed by atoms with E-state index in [0.717, 1.165) is 60.2 Å². The second kappa shape index (κ2) is 13.1. The van der Waals surface area contributed by atoms with E-state index in [9.17, 15) is 4.91 Å². The lowest BCUT2D eigenvalue weighted by Crippen LogP contribution is -2.48. The highest BCUT2D eigenvalue weighted by atomic mass is 16.5. The molecule has 206 valence electrons. The maximum absolute atomic E-state index is 11.8. The van der Waals surface area contributed by atoms with E-state index in [1.165, 1.54) is 5.56 Å². The second-order valence-electron chi connectivity index (χ2n) is 10.2. The largest absolute Gasteiger partial charge is 0.490 e. The number of anilines is 1. The van der Waals surface area contributed by atoms with E-state index < -0.39 is 6.04 Å². The molecule has 1 N–H and O–H groups in total. The quantitative estimate of drug-likeness (QED) is 0.261. The Morgan fingerprint density at radius 3 is 2.54 bits per heavy atom. The van der Waals surface area contributed by atoms with Crippen molar-refractivity contribution in [2.75, 3.05) is 51.4 Å². The molecule has 3 atom stereocenters. The minimum atomic E-state index is -0.416. The molecule has 0 bridgehead atoms. The van der Waals surface area contributed by atoms with Crippen molar-refractivity contribution in [1.29, 1.82) is 0 Å². The highest BCUT2D eigenvalue weighted by Gasteiger charge is 2.36. The lowest BCUT2D eigenvalue weighted by Gasteiger charge is -2.36. The van der Waals surface area contributed by atoms with Gasteiger partial charge in [-0.05, 0) is 60.9 Å². The van der Waals surface area contributed by atoms with Gasteiger partial charge in [0.25, 0.3) is 0 Å². The fourth-order valence-corrected chi connectivity index (χ4v) is 5.32. The first-order valence-electron chi connectivity index (χ1n) is 13.6.